The summed E-state index contributed by atoms with van der Waals surface area (Å²) in [4.78, 5) is 14.3. The fourth-order valence-corrected chi connectivity index (χ4v) is 2.46. The van der Waals surface area contributed by atoms with Gasteiger partial charge in [-0.25, -0.2) is 0 Å². The lowest BCUT2D eigenvalue weighted by Gasteiger charge is -2.18. The minimum Gasteiger partial charge on any atom is -0.380 e. The molecule has 0 saturated carbocycles. The van der Waals surface area contributed by atoms with Gasteiger partial charge in [0.25, 0.3) is 0 Å². The summed E-state index contributed by atoms with van der Waals surface area (Å²) < 4.78 is 10.4. The number of amides is 1. The molecule has 1 saturated heterocycles. The van der Waals surface area contributed by atoms with Crippen molar-refractivity contribution in [3.63, 3.8) is 0 Å². The number of carbonyl (C=O) groups excluding carboxylic acids is 1. The van der Waals surface area contributed by atoms with E-state index in [-0.39, 0.29) is 18.1 Å². The molecule has 0 radical (unpaired) electrons. The summed E-state index contributed by atoms with van der Waals surface area (Å²) in [5.41, 5.74) is 1.50. The van der Waals surface area contributed by atoms with Crippen molar-refractivity contribution < 1.29 is 14.1 Å². The number of ether oxygens (including phenoxy) is 1. The second-order valence-electron chi connectivity index (χ2n) is 4.95. The van der Waals surface area contributed by atoms with Crippen LogP contribution < -0.4 is 5.32 Å². The molecule has 0 aliphatic carbocycles. The van der Waals surface area contributed by atoms with Gasteiger partial charge >= 0.3 is 0 Å². The van der Waals surface area contributed by atoms with Crippen LogP contribution in [0.4, 0.5) is 5.69 Å². The predicted molar refractivity (Wildman–Crippen MR) is 71.1 cm³/mol. The van der Waals surface area contributed by atoms with Gasteiger partial charge in [0.2, 0.25) is 5.91 Å². The first-order valence-electron chi connectivity index (χ1n) is 6.55. The number of nitrogens with zero attached hydrogens (tertiary/aromatic N) is 2. The predicted octanol–water partition coefficient (Wildman–Crippen LogP) is 1.20. The van der Waals surface area contributed by atoms with Crippen molar-refractivity contribution in [2.24, 2.45) is 0 Å². The van der Waals surface area contributed by atoms with Gasteiger partial charge in [-0.15, -0.1) is 0 Å². The van der Waals surface area contributed by atoms with Crippen LogP contribution in [0.2, 0.25) is 0 Å². The molecule has 2 rings (SSSR count). The molecule has 6 heteroatoms. The van der Waals surface area contributed by atoms with Crippen molar-refractivity contribution in [3.05, 3.63) is 11.5 Å². The highest BCUT2D eigenvalue weighted by atomic mass is 16.5. The number of rotatable bonds is 4. The number of likely N-dealkylation sites (N-methyl/N-ethyl adjacent to an activating group) is 1. The van der Waals surface area contributed by atoms with Crippen LogP contribution in [0.5, 0.6) is 0 Å². The summed E-state index contributed by atoms with van der Waals surface area (Å²) in [7, 11) is 3.61. The zero-order chi connectivity index (χ0) is 14.0. The van der Waals surface area contributed by atoms with E-state index in [0.29, 0.717) is 17.9 Å². The maximum atomic E-state index is 12.3. The number of hydrogen-bond donors (Lipinski definition) is 1. The number of likely N-dealkylation sites (tertiary alicyclic amines) is 1. The van der Waals surface area contributed by atoms with Gasteiger partial charge in [-0.3, -0.25) is 9.69 Å². The molecule has 0 spiro atoms. The Balaban J connectivity index is 2.07. The first kappa shape index (κ1) is 14.0. The molecule has 6 nitrogen and oxygen atoms in total. The molecule has 1 fully saturated rings. The van der Waals surface area contributed by atoms with Gasteiger partial charge in [0.1, 0.15) is 11.4 Å². The van der Waals surface area contributed by atoms with E-state index in [1.165, 1.54) is 0 Å². The number of aromatic nitrogens is 1. The molecule has 1 aromatic heterocycles. The number of nitrogens with one attached hydrogen (secondary N) is 1. The van der Waals surface area contributed by atoms with Crippen LogP contribution in [0.25, 0.3) is 0 Å². The van der Waals surface area contributed by atoms with Crippen LogP contribution in [0, 0.1) is 6.92 Å². The number of carbonyl (C=O) groups is 1. The first-order chi connectivity index (χ1) is 9.06. The third kappa shape index (κ3) is 2.79. The van der Waals surface area contributed by atoms with Crippen LogP contribution in [0.3, 0.4) is 0 Å². The third-order valence-corrected chi connectivity index (χ3v) is 3.66. The lowest BCUT2D eigenvalue weighted by molar-refractivity contribution is -0.120. The van der Waals surface area contributed by atoms with Gasteiger partial charge in [0.15, 0.2) is 5.76 Å². The molecule has 1 aromatic rings. The van der Waals surface area contributed by atoms with E-state index in [9.17, 15) is 4.79 Å². The molecular formula is C13H21N3O3. The Kier molecular flexibility index (Phi) is 4.21. The summed E-state index contributed by atoms with van der Waals surface area (Å²) in [6.45, 7) is 4.56. The Bertz CT molecular complexity index is 458. The summed E-state index contributed by atoms with van der Waals surface area (Å²) >= 11 is 0. The number of hydrogen-bond acceptors (Lipinski definition) is 5. The van der Waals surface area contributed by atoms with Crippen LogP contribution >= 0.6 is 0 Å². The molecule has 1 aliphatic rings. The monoisotopic (exact) mass is 267 g/mol. The Morgan fingerprint density at radius 2 is 2.37 bits per heavy atom. The molecule has 0 aromatic carbocycles. The maximum absolute atomic E-state index is 12.3. The van der Waals surface area contributed by atoms with E-state index < -0.39 is 0 Å². The molecule has 2 heterocycles. The standard InChI is InChI=1S/C13H21N3O3/c1-5-10-12(8(2)19-15-10)14-13(17)11-6-9(18-4)7-16(11)3/h9,11H,5-7H2,1-4H3,(H,14,17)/t9-,11-/m0/s1. The van der Waals surface area contributed by atoms with Gasteiger partial charge in [-0.2, -0.15) is 0 Å². The third-order valence-electron chi connectivity index (χ3n) is 3.66. The van der Waals surface area contributed by atoms with Crippen molar-refractivity contribution in [1.82, 2.24) is 10.1 Å². The average molecular weight is 267 g/mol. The molecule has 0 unspecified atom stereocenters. The van der Waals surface area contributed by atoms with Crippen LogP contribution in [-0.2, 0) is 16.0 Å². The zero-order valence-corrected chi connectivity index (χ0v) is 11.9. The summed E-state index contributed by atoms with van der Waals surface area (Å²) in [5.74, 6) is 0.622. The minimum absolute atomic E-state index is 0.0250. The van der Waals surface area contributed by atoms with E-state index in [2.05, 4.69) is 10.5 Å². The largest absolute Gasteiger partial charge is 0.380 e. The van der Waals surface area contributed by atoms with Crippen molar-refractivity contribution in [1.29, 1.82) is 0 Å². The fraction of sp³-hybridized carbons (Fsp3) is 0.692. The highest BCUT2D eigenvalue weighted by Crippen LogP contribution is 2.23. The topological polar surface area (TPSA) is 67.6 Å². The molecule has 19 heavy (non-hydrogen) atoms. The normalized spacial score (nSPS) is 23.8. The average Bonchev–Trinajstić information content (AvgIpc) is 2.94. The highest BCUT2D eigenvalue weighted by Gasteiger charge is 2.35. The number of anilines is 1. The van der Waals surface area contributed by atoms with Crippen molar-refractivity contribution in [3.8, 4) is 0 Å². The number of methoxy groups -OCH3 is 1. The van der Waals surface area contributed by atoms with Gasteiger partial charge in [0, 0.05) is 13.7 Å². The molecule has 2 atom stereocenters. The maximum Gasteiger partial charge on any atom is 0.241 e. The SMILES string of the molecule is CCc1noc(C)c1NC(=O)[C@@H]1C[C@H](OC)CN1C. The molecular weight excluding hydrogens is 246 g/mol. The lowest BCUT2D eigenvalue weighted by atomic mass is 10.1. The molecule has 106 valence electrons. The molecule has 1 amide bonds. The van der Waals surface area contributed by atoms with Crippen molar-refractivity contribution in [2.45, 2.75) is 38.8 Å². The molecule has 1 aliphatic heterocycles. The molecule has 1 N–H and O–H groups in total. The van der Waals surface area contributed by atoms with Crippen LogP contribution in [0.15, 0.2) is 4.52 Å². The summed E-state index contributed by atoms with van der Waals surface area (Å²) in [6, 6.07) is -0.163. The van der Waals surface area contributed by atoms with Gasteiger partial charge in [-0.05, 0) is 26.8 Å². The Labute approximate surface area is 113 Å². The highest BCUT2D eigenvalue weighted by molar-refractivity contribution is 5.95. The van der Waals surface area contributed by atoms with Crippen molar-refractivity contribution in [2.75, 3.05) is 26.0 Å². The fourth-order valence-electron chi connectivity index (χ4n) is 2.46. The van der Waals surface area contributed by atoms with E-state index in [0.717, 1.165) is 18.7 Å². The van der Waals surface area contributed by atoms with E-state index in [1.807, 2.05) is 18.9 Å². The smallest absolute Gasteiger partial charge is 0.241 e. The molecule has 0 bridgehead atoms. The first-order valence-corrected chi connectivity index (χ1v) is 6.55. The number of aryl methyl sites for hydroxylation is 2. The summed E-state index contributed by atoms with van der Waals surface area (Å²) in [6.07, 6.45) is 1.56. The lowest BCUT2D eigenvalue weighted by Crippen LogP contribution is -2.37. The summed E-state index contributed by atoms with van der Waals surface area (Å²) in [5, 5.41) is 6.87. The zero-order valence-electron chi connectivity index (χ0n) is 11.9. The van der Waals surface area contributed by atoms with E-state index in [4.69, 9.17) is 9.26 Å². The minimum atomic E-state index is -0.163. The Morgan fingerprint density at radius 1 is 1.63 bits per heavy atom. The van der Waals surface area contributed by atoms with Gasteiger partial charge < -0.3 is 14.6 Å². The Hall–Kier alpha value is -1.40. The van der Waals surface area contributed by atoms with Crippen LogP contribution in [0.1, 0.15) is 24.8 Å². The van der Waals surface area contributed by atoms with Crippen molar-refractivity contribution >= 4 is 11.6 Å². The van der Waals surface area contributed by atoms with Gasteiger partial charge in [0.05, 0.1) is 12.1 Å². The van der Waals surface area contributed by atoms with Gasteiger partial charge in [-0.1, -0.05) is 12.1 Å². The van der Waals surface area contributed by atoms with E-state index in [1.54, 1.807) is 14.0 Å². The Morgan fingerprint density at radius 3 is 2.95 bits per heavy atom. The van der Waals surface area contributed by atoms with E-state index >= 15 is 0 Å². The second-order valence-corrected chi connectivity index (χ2v) is 4.95. The second kappa shape index (κ2) is 5.71. The quantitative estimate of drug-likeness (QED) is 0.888. The van der Waals surface area contributed by atoms with Crippen LogP contribution in [-0.4, -0.2) is 48.8 Å².